The zero-order valence-corrected chi connectivity index (χ0v) is 28.4. The van der Waals surface area contributed by atoms with Gasteiger partial charge in [-0.1, -0.05) is 23.8 Å². The zero-order valence-electron chi connectivity index (χ0n) is 28.4. The Morgan fingerprint density at radius 2 is 1.85 bits per heavy atom. The number of rotatable bonds is 10. The number of ether oxygens (including phenoxy) is 3. The fourth-order valence-corrected chi connectivity index (χ4v) is 7.16. The lowest BCUT2D eigenvalue weighted by Gasteiger charge is -2.38. The summed E-state index contributed by atoms with van der Waals surface area (Å²) in [6.45, 7) is 9.69. The van der Waals surface area contributed by atoms with Gasteiger partial charge in [-0.2, -0.15) is 13.2 Å². The zero-order chi connectivity index (χ0) is 34.5. The lowest BCUT2D eigenvalue weighted by Crippen LogP contribution is -2.43. The number of halogens is 3. The summed E-state index contributed by atoms with van der Waals surface area (Å²) in [5.41, 5.74) is 1.08. The summed E-state index contributed by atoms with van der Waals surface area (Å²) in [7, 11) is 0. The molecule has 0 aromatic carbocycles. The van der Waals surface area contributed by atoms with Crippen molar-refractivity contribution < 1.29 is 37.0 Å². The van der Waals surface area contributed by atoms with Gasteiger partial charge in [-0.3, -0.25) is 9.59 Å². The van der Waals surface area contributed by atoms with E-state index in [2.05, 4.69) is 54.3 Å². The van der Waals surface area contributed by atoms with Crippen LogP contribution in [0.2, 0.25) is 0 Å². The van der Waals surface area contributed by atoms with Crippen LogP contribution < -0.4 is 10.2 Å². The number of alkyl halides is 3. The van der Waals surface area contributed by atoms with E-state index in [9.17, 15) is 22.8 Å². The van der Waals surface area contributed by atoms with Gasteiger partial charge in [-0.05, 0) is 90.7 Å². The molecule has 0 radical (unpaired) electrons. The number of esters is 1. The van der Waals surface area contributed by atoms with Gasteiger partial charge in [0, 0.05) is 44.2 Å². The molecule has 48 heavy (non-hydrogen) atoms. The molecule has 3 atom stereocenters. The maximum atomic E-state index is 13.0. The minimum atomic E-state index is -4.62. The lowest BCUT2D eigenvalue weighted by molar-refractivity contribution is -0.152. The second-order valence-electron chi connectivity index (χ2n) is 14.5. The molecule has 0 bridgehead atoms. The van der Waals surface area contributed by atoms with Crippen LogP contribution in [0, 0.1) is 11.8 Å². The van der Waals surface area contributed by atoms with E-state index in [0.29, 0.717) is 31.8 Å². The molecule has 1 aromatic rings. The third kappa shape index (κ3) is 10.4. The van der Waals surface area contributed by atoms with Crippen molar-refractivity contribution in [2.75, 3.05) is 24.6 Å². The molecular formula is C36H49F3N4O5. The Morgan fingerprint density at radius 3 is 2.52 bits per heavy atom. The molecule has 264 valence electrons. The predicted molar refractivity (Wildman–Crippen MR) is 175 cm³/mol. The van der Waals surface area contributed by atoms with Gasteiger partial charge < -0.3 is 24.4 Å². The molecule has 9 nitrogen and oxygen atoms in total. The highest BCUT2D eigenvalue weighted by molar-refractivity contribution is 5.87. The molecule has 1 N–H and O–H groups in total. The Kier molecular flexibility index (Phi) is 11.3. The van der Waals surface area contributed by atoms with Crippen molar-refractivity contribution in [1.29, 1.82) is 0 Å². The predicted octanol–water partition coefficient (Wildman–Crippen LogP) is 6.49. The fraction of sp³-hybridized carbons (Fsp3) is 0.667. The molecule has 4 aliphatic rings. The van der Waals surface area contributed by atoms with E-state index >= 15 is 0 Å². The lowest BCUT2D eigenvalue weighted by atomic mass is 9.83. The van der Waals surface area contributed by atoms with Crippen molar-refractivity contribution in [3.8, 4) is 0 Å². The fourth-order valence-electron chi connectivity index (χ4n) is 7.16. The van der Waals surface area contributed by atoms with Crippen LogP contribution >= 0.6 is 0 Å². The first-order chi connectivity index (χ1) is 22.7. The van der Waals surface area contributed by atoms with E-state index in [-0.39, 0.29) is 47.0 Å². The van der Waals surface area contributed by atoms with Crippen LogP contribution in [0.3, 0.4) is 0 Å². The number of piperidine rings is 1. The van der Waals surface area contributed by atoms with Crippen LogP contribution in [0.1, 0.15) is 91.3 Å². The highest BCUT2D eigenvalue weighted by Crippen LogP contribution is 2.46. The molecule has 1 aromatic heterocycles. The van der Waals surface area contributed by atoms with Gasteiger partial charge in [0.1, 0.15) is 11.9 Å². The number of allylic oxidation sites excluding steroid dienone is 3. The quantitative estimate of drug-likeness (QED) is 0.130. The van der Waals surface area contributed by atoms with Crippen molar-refractivity contribution in [1.82, 2.24) is 15.3 Å². The summed E-state index contributed by atoms with van der Waals surface area (Å²) in [4.78, 5) is 33.9. The van der Waals surface area contributed by atoms with Gasteiger partial charge in [0.15, 0.2) is 0 Å². The average Bonchev–Trinajstić information content (AvgIpc) is 3.78. The maximum absolute atomic E-state index is 13.0. The van der Waals surface area contributed by atoms with Crippen LogP contribution in [0.4, 0.5) is 19.0 Å². The third-order valence-electron chi connectivity index (χ3n) is 9.75. The molecule has 12 heteroatoms. The van der Waals surface area contributed by atoms with E-state index < -0.39 is 18.1 Å². The van der Waals surface area contributed by atoms with Crippen LogP contribution in [0.25, 0.3) is 0 Å². The van der Waals surface area contributed by atoms with E-state index in [1.54, 1.807) is 17.9 Å². The summed E-state index contributed by atoms with van der Waals surface area (Å²) in [6, 6.07) is 1.56. The van der Waals surface area contributed by atoms with Gasteiger partial charge in [-0.15, -0.1) is 0 Å². The van der Waals surface area contributed by atoms with Crippen molar-refractivity contribution in [2.45, 2.75) is 121 Å². The molecule has 3 saturated heterocycles. The number of nitrogens with one attached hydrogen (secondary N) is 1. The normalized spacial score (nSPS) is 28.9. The summed E-state index contributed by atoms with van der Waals surface area (Å²) in [5.74, 6) is -1.36. The van der Waals surface area contributed by atoms with Gasteiger partial charge in [0.2, 0.25) is 11.7 Å². The number of carbonyl (C=O) groups is 2. The molecule has 1 spiro atoms. The van der Waals surface area contributed by atoms with Crippen molar-refractivity contribution in [3.05, 3.63) is 54.0 Å². The minimum absolute atomic E-state index is 0.0178. The second kappa shape index (κ2) is 15.1. The number of carbonyl (C=O) groups excluding carboxylic acids is 2. The Hall–Kier alpha value is -3.25. The number of epoxide rings is 1. The molecular weight excluding hydrogens is 625 g/mol. The number of anilines is 1. The van der Waals surface area contributed by atoms with Crippen molar-refractivity contribution in [2.24, 2.45) is 11.8 Å². The Labute approximate surface area is 281 Å². The summed E-state index contributed by atoms with van der Waals surface area (Å²) < 4.78 is 56.4. The van der Waals surface area contributed by atoms with E-state index in [4.69, 9.17) is 14.2 Å². The number of hydrogen-bond donors (Lipinski definition) is 1. The topological polar surface area (TPSA) is 106 Å². The largest absolute Gasteiger partial charge is 0.458 e. The monoisotopic (exact) mass is 674 g/mol. The van der Waals surface area contributed by atoms with Gasteiger partial charge in [-0.25, -0.2) is 9.97 Å². The Balaban J connectivity index is 0.967. The van der Waals surface area contributed by atoms with Gasteiger partial charge in [0.05, 0.1) is 29.8 Å². The molecule has 1 amide bonds. The van der Waals surface area contributed by atoms with E-state index in [0.717, 1.165) is 57.7 Å². The molecule has 0 unspecified atom stereocenters. The number of hydrogen-bond acceptors (Lipinski definition) is 8. The summed E-state index contributed by atoms with van der Waals surface area (Å²) in [6.07, 6.45) is 13.3. The van der Waals surface area contributed by atoms with Gasteiger partial charge in [0.25, 0.3) is 0 Å². The van der Waals surface area contributed by atoms with Crippen LogP contribution in [0.15, 0.2) is 48.2 Å². The number of amides is 1. The first-order valence-electron chi connectivity index (χ1n) is 17.2. The standard InChI is InChI=1S/C36H49F3N4O5/c1-24(6-13-29-21-35(23-46-35)22-34(3,4)48-29)5-8-26-9-11-28(12-10-26)41-31(44)14-7-25(2)47-32(45)27-16-19-43(20-17-27)30-15-18-40-33(42-30)36(37,38)39/h5-7,13-15,18,25-29H,8-12,16-17,19-23H2,1-4H3,(H,41,44)/b13-6+,14-7-,24-5+/t25-,26-,28+,29+,35+/m0/s1. The van der Waals surface area contributed by atoms with Crippen molar-refractivity contribution in [3.63, 3.8) is 0 Å². The molecule has 3 aliphatic heterocycles. The van der Waals surface area contributed by atoms with Crippen LogP contribution in [0.5, 0.6) is 0 Å². The molecule has 4 fully saturated rings. The average molecular weight is 675 g/mol. The van der Waals surface area contributed by atoms with Crippen molar-refractivity contribution >= 4 is 17.7 Å². The molecule has 4 heterocycles. The molecule has 5 rings (SSSR count). The SMILES string of the molecule is CC(/C=C/[C@@H]1C[C@]2(CO2)CC(C)(C)O1)=C\C[C@H]1CC[C@@H](NC(=O)/C=C\[C@H](C)OC(=O)C2CCN(c3ccnc(C(F)(F)F)n3)CC2)CC1. The van der Waals surface area contributed by atoms with Crippen LogP contribution in [-0.2, 0) is 30.0 Å². The number of nitrogens with zero attached hydrogens (tertiary/aromatic N) is 3. The maximum Gasteiger partial charge on any atom is 0.451 e. The highest BCUT2D eigenvalue weighted by Gasteiger charge is 2.53. The van der Waals surface area contributed by atoms with Crippen LogP contribution in [-0.4, -0.2) is 71.0 Å². The summed E-state index contributed by atoms with van der Waals surface area (Å²) in [5, 5.41) is 3.08. The Morgan fingerprint density at radius 1 is 1.15 bits per heavy atom. The molecule has 1 aliphatic carbocycles. The first-order valence-corrected chi connectivity index (χ1v) is 17.2. The highest BCUT2D eigenvalue weighted by atomic mass is 19.4. The van der Waals surface area contributed by atoms with E-state index in [1.807, 2.05) is 0 Å². The third-order valence-corrected chi connectivity index (χ3v) is 9.75. The smallest absolute Gasteiger partial charge is 0.451 e. The first kappa shape index (κ1) is 36.0. The van der Waals surface area contributed by atoms with E-state index in [1.165, 1.54) is 17.7 Å². The number of aromatic nitrogens is 2. The second-order valence-corrected chi connectivity index (χ2v) is 14.5. The van der Waals surface area contributed by atoms with Gasteiger partial charge >= 0.3 is 12.1 Å². The molecule has 1 saturated carbocycles. The Bertz CT molecular complexity index is 1370. The minimum Gasteiger partial charge on any atom is -0.458 e. The summed E-state index contributed by atoms with van der Waals surface area (Å²) >= 11 is 0.